The van der Waals surface area contributed by atoms with Crippen LogP contribution in [-0.4, -0.2) is 18.2 Å². The molecule has 2 aromatic heterocycles. The van der Waals surface area contributed by atoms with Gasteiger partial charge in [0.05, 0.1) is 16.9 Å². The van der Waals surface area contributed by atoms with Gasteiger partial charge < -0.3 is 0 Å². The zero-order valence-corrected chi connectivity index (χ0v) is 16.5. The first kappa shape index (κ1) is 17.7. The predicted molar refractivity (Wildman–Crippen MR) is 92.7 cm³/mol. The fraction of sp³-hybridized carbons (Fsp3) is 0.500. The number of halogens is 1. The molecule has 2 aromatic rings. The molecule has 0 fully saturated rings. The molecule has 22 heavy (non-hydrogen) atoms. The Morgan fingerprint density at radius 1 is 1.36 bits per heavy atom. The lowest BCUT2D eigenvalue weighted by Gasteiger charge is -2.21. The van der Waals surface area contributed by atoms with Crippen LogP contribution in [-0.2, 0) is 22.1 Å². The third-order valence-corrected chi connectivity index (χ3v) is 6.54. The topological polar surface area (TPSA) is 64.0 Å². The first-order valence-corrected chi connectivity index (χ1v) is 9.97. The summed E-state index contributed by atoms with van der Waals surface area (Å²) in [6, 6.07) is 1.91. The summed E-state index contributed by atoms with van der Waals surface area (Å²) in [6.07, 6.45) is 0. The highest BCUT2D eigenvalue weighted by atomic mass is 79.9. The molecule has 0 spiro atoms. The van der Waals surface area contributed by atoms with Crippen LogP contribution in [0.25, 0.3) is 0 Å². The normalized spacial score (nSPS) is 12.8. The highest BCUT2D eigenvalue weighted by Gasteiger charge is 2.28. The van der Waals surface area contributed by atoms with Crippen LogP contribution < -0.4 is 4.72 Å². The Kier molecular flexibility index (Phi) is 4.87. The van der Waals surface area contributed by atoms with Gasteiger partial charge in [-0.2, -0.15) is 5.10 Å². The summed E-state index contributed by atoms with van der Waals surface area (Å²) >= 11 is 4.87. The Labute approximate surface area is 143 Å². The molecule has 0 bridgehead atoms. The van der Waals surface area contributed by atoms with Gasteiger partial charge in [0.1, 0.15) is 4.90 Å². The van der Waals surface area contributed by atoms with Gasteiger partial charge in [0.15, 0.2) is 0 Å². The van der Waals surface area contributed by atoms with E-state index in [9.17, 15) is 8.42 Å². The second-order valence-corrected chi connectivity index (χ2v) is 9.75. The highest BCUT2D eigenvalue weighted by molar-refractivity contribution is 9.10. The van der Waals surface area contributed by atoms with Crippen molar-refractivity contribution in [1.82, 2.24) is 14.5 Å². The van der Waals surface area contributed by atoms with Gasteiger partial charge in [0.2, 0.25) is 10.0 Å². The van der Waals surface area contributed by atoms with E-state index in [1.807, 2.05) is 32.2 Å². The summed E-state index contributed by atoms with van der Waals surface area (Å²) in [5, 5.41) is 6.33. The molecule has 0 aliphatic rings. The van der Waals surface area contributed by atoms with E-state index >= 15 is 0 Å². The summed E-state index contributed by atoms with van der Waals surface area (Å²) in [6.45, 7) is 9.80. The van der Waals surface area contributed by atoms with Gasteiger partial charge in [-0.05, 0) is 56.6 Å². The molecule has 2 rings (SSSR count). The third kappa shape index (κ3) is 3.61. The number of thiophene rings is 1. The van der Waals surface area contributed by atoms with E-state index in [2.05, 4.69) is 25.8 Å². The minimum atomic E-state index is -3.59. The number of rotatable bonds is 4. The van der Waals surface area contributed by atoms with E-state index in [1.54, 1.807) is 18.5 Å². The van der Waals surface area contributed by atoms with Gasteiger partial charge >= 0.3 is 0 Å². The van der Waals surface area contributed by atoms with Crippen LogP contribution in [0.3, 0.4) is 0 Å². The number of aryl methyl sites for hydroxylation is 1. The SMILES string of the molecule is Cc1nn(C(C)(C)C)c(C)c1S(=O)(=O)NCc1cc(Br)cs1. The quantitative estimate of drug-likeness (QED) is 0.845. The Morgan fingerprint density at radius 3 is 2.45 bits per heavy atom. The van der Waals surface area contributed by atoms with Crippen molar-refractivity contribution in [2.24, 2.45) is 0 Å². The molecule has 0 atom stereocenters. The molecule has 0 saturated carbocycles. The molecule has 0 saturated heterocycles. The largest absolute Gasteiger partial charge is 0.263 e. The molecule has 8 heteroatoms. The van der Waals surface area contributed by atoms with Gasteiger partial charge in [-0.3, -0.25) is 4.68 Å². The van der Waals surface area contributed by atoms with Gasteiger partial charge in [0.25, 0.3) is 0 Å². The van der Waals surface area contributed by atoms with Crippen LogP contribution in [0, 0.1) is 13.8 Å². The summed E-state index contributed by atoms with van der Waals surface area (Å²) in [4.78, 5) is 1.23. The zero-order chi connectivity index (χ0) is 16.7. The maximum Gasteiger partial charge on any atom is 0.244 e. The minimum Gasteiger partial charge on any atom is -0.263 e. The van der Waals surface area contributed by atoms with Crippen molar-refractivity contribution in [3.8, 4) is 0 Å². The molecule has 2 heterocycles. The fourth-order valence-electron chi connectivity index (χ4n) is 2.36. The van der Waals surface area contributed by atoms with E-state index in [-0.39, 0.29) is 17.0 Å². The van der Waals surface area contributed by atoms with Gasteiger partial charge in [0, 0.05) is 21.3 Å². The van der Waals surface area contributed by atoms with Crippen molar-refractivity contribution in [2.75, 3.05) is 0 Å². The standard InChI is InChI=1S/C14H20BrN3O2S2/c1-9-13(10(2)18(17-9)14(3,4)5)22(19,20)16-7-12-6-11(15)8-21-12/h6,8,16H,7H2,1-5H3. The average Bonchev–Trinajstić information content (AvgIpc) is 2.90. The molecule has 122 valence electrons. The number of sulfonamides is 1. The summed E-state index contributed by atoms with van der Waals surface area (Å²) in [5.74, 6) is 0. The Bertz CT molecular complexity index is 786. The van der Waals surface area contributed by atoms with Crippen molar-refractivity contribution in [3.63, 3.8) is 0 Å². The maximum atomic E-state index is 12.6. The summed E-state index contributed by atoms with van der Waals surface area (Å²) in [7, 11) is -3.59. The highest BCUT2D eigenvalue weighted by Crippen LogP contribution is 2.25. The smallest absolute Gasteiger partial charge is 0.244 e. The first-order valence-electron chi connectivity index (χ1n) is 6.81. The monoisotopic (exact) mass is 405 g/mol. The Balaban J connectivity index is 2.32. The lowest BCUT2D eigenvalue weighted by atomic mass is 10.1. The van der Waals surface area contributed by atoms with E-state index in [0.29, 0.717) is 11.4 Å². The molecule has 0 unspecified atom stereocenters. The average molecular weight is 406 g/mol. The molecule has 5 nitrogen and oxygen atoms in total. The van der Waals surface area contributed by atoms with Crippen molar-refractivity contribution >= 4 is 37.3 Å². The van der Waals surface area contributed by atoms with Crippen LogP contribution in [0.5, 0.6) is 0 Å². The van der Waals surface area contributed by atoms with Crippen LogP contribution in [0.15, 0.2) is 20.8 Å². The molecule has 0 radical (unpaired) electrons. The lowest BCUT2D eigenvalue weighted by molar-refractivity contribution is 0.345. The molecular formula is C14H20BrN3O2S2. The number of aromatic nitrogens is 2. The lowest BCUT2D eigenvalue weighted by Crippen LogP contribution is -2.26. The summed E-state index contributed by atoms with van der Waals surface area (Å²) < 4.78 is 30.6. The summed E-state index contributed by atoms with van der Waals surface area (Å²) in [5.41, 5.74) is 0.915. The first-order chi connectivity index (χ1) is 10.0. The Hall–Kier alpha value is -0.700. The van der Waals surface area contributed by atoms with Crippen molar-refractivity contribution in [2.45, 2.75) is 51.6 Å². The fourth-order valence-corrected chi connectivity index (χ4v) is 5.23. The molecular weight excluding hydrogens is 386 g/mol. The molecule has 0 aliphatic heterocycles. The maximum absolute atomic E-state index is 12.6. The van der Waals surface area contributed by atoms with Crippen LogP contribution in [0.1, 0.15) is 37.0 Å². The molecule has 0 aliphatic carbocycles. The predicted octanol–water partition coefficient (Wildman–Crippen LogP) is 3.56. The van der Waals surface area contributed by atoms with Crippen molar-refractivity contribution < 1.29 is 8.42 Å². The minimum absolute atomic E-state index is 0.263. The van der Waals surface area contributed by atoms with Crippen molar-refractivity contribution in [1.29, 1.82) is 0 Å². The zero-order valence-electron chi connectivity index (χ0n) is 13.3. The van der Waals surface area contributed by atoms with E-state index in [1.165, 1.54) is 11.3 Å². The number of nitrogens with zero attached hydrogens (tertiary/aromatic N) is 2. The van der Waals surface area contributed by atoms with E-state index < -0.39 is 10.0 Å². The van der Waals surface area contributed by atoms with Crippen LogP contribution in [0.2, 0.25) is 0 Å². The number of hydrogen-bond donors (Lipinski definition) is 1. The van der Waals surface area contributed by atoms with Crippen LogP contribution in [0.4, 0.5) is 0 Å². The molecule has 0 amide bonds. The second kappa shape index (κ2) is 6.07. The van der Waals surface area contributed by atoms with E-state index in [0.717, 1.165) is 9.35 Å². The second-order valence-electron chi connectivity index (χ2n) is 6.14. The third-order valence-electron chi connectivity index (χ3n) is 3.19. The molecule has 0 aromatic carbocycles. The molecule has 1 N–H and O–H groups in total. The van der Waals surface area contributed by atoms with Gasteiger partial charge in [-0.1, -0.05) is 0 Å². The number of hydrogen-bond acceptors (Lipinski definition) is 4. The van der Waals surface area contributed by atoms with Gasteiger partial charge in [-0.15, -0.1) is 11.3 Å². The van der Waals surface area contributed by atoms with Gasteiger partial charge in [-0.25, -0.2) is 13.1 Å². The van der Waals surface area contributed by atoms with E-state index in [4.69, 9.17) is 0 Å². The number of nitrogens with one attached hydrogen (secondary N) is 1. The Morgan fingerprint density at radius 2 is 2.00 bits per heavy atom. The van der Waals surface area contributed by atoms with Crippen LogP contribution >= 0.6 is 27.3 Å². The van der Waals surface area contributed by atoms with Crippen molar-refractivity contribution in [3.05, 3.63) is 32.2 Å².